The van der Waals surface area contributed by atoms with Gasteiger partial charge in [-0.1, -0.05) is 35.9 Å². The van der Waals surface area contributed by atoms with Crippen molar-refractivity contribution < 1.29 is 14.3 Å². The van der Waals surface area contributed by atoms with Crippen LogP contribution in [0.1, 0.15) is 29.0 Å². The third-order valence-electron chi connectivity index (χ3n) is 5.52. The average Bonchev–Trinajstić information content (AvgIpc) is 3.21. The molecule has 176 valence electrons. The molecule has 0 saturated heterocycles. The number of hydrogen-bond donors (Lipinski definition) is 1. The second-order valence-electron chi connectivity index (χ2n) is 7.92. The summed E-state index contributed by atoms with van der Waals surface area (Å²) >= 11 is 5.98. The number of rotatable bonds is 11. The fourth-order valence-corrected chi connectivity index (χ4v) is 4.04. The number of amides is 1. The first kappa shape index (κ1) is 23.6. The van der Waals surface area contributed by atoms with Gasteiger partial charge in [-0.05, 0) is 55.3 Å². The smallest absolute Gasteiger partial charge is 0.251 e. The number of aromatic nitrogens is 2. The van der Waals surface area contributed by atoms with Crippen LogP contribution in [0.25, 0.3) is 11.0 Å². The standard InChI is InChI=1S/C27H28ClN3O3/c1-33-22-10-5-11-23(19-22)34-17-7-16-31-25-13-3-2-12-24(25)30-26(31)14-6-15-29-27(32)20-8-4-9-21(28)18-20/h2-5,8-13,18-19H,6-7,14-17H2,1H3,(H,29,32). The number of benzene rings is 3. The van der Waals surface area contributed by atoms with Gasteiger partial charge in [0.1, 0.15) is 17.3 Å². The van der Waals surface area contributed by atoms with Gasteiger partial charge in [0, 0.05) is 36.2 Å². The summed E-state index contributed by atoms with van der Waals surface area (Å²) < 4.78 is 13.4. The third kappa shape index (κ3) is 6.08. The number of methoxy groups -OCH3 is 1. The summed E-state index contributed by atoms with van der Waals surface area (Å²) in [6, 6.07) is 22.7. The van der Waals surface area contributed by atoms with Gasteiger partial charge in [-0.25, -0.2) is 4.98 Å². The van der Waals surface area contributed by atoms with Crippen molar-refractivity contribution in [2.45, 2.75) is 25.8 Å². The molecular weight excluding hydrogens is 450 g/mol. The Hall–Kier alpha value is -3.51. The Labute approximate surface area is 204 Å². The van der Waals surface area contributed by atoms with Gasteiger partial charge >= 0.3 is 0 Å². The van der Waals surface area contributed by atoms with E-state index in [0.717, 1.165) is 54.2 Å². The topological polar surface area (TPSA) is 65.4 Å². The van der Waals surface area contributed by atoms with Crippen molar-refractivity contribution in [1.29, 1.82) is 0 Å². The van der Waals surface area contributed by atoms with Crippen LogP contribution in [-0.2, 0) is 13.0 Å². The van der Waals surface area contributed by atoms with Crippen LogP contribution in [0.4, 0.5) is 0 Å². The van der Waals surface area contributed by atoms with E-state index in [2.05, 4.69) is 16.0 Å². The van der Waals surface area contributed by atoms with Crippen LogP contribution in [0, 0.1) is 0 Å². The highest BCUT2D eigenvalue weighted by atomic mass is 35.5. The summed E-state index contributed by atoms with van der Waals surface area (Å²) in [6.07, 6.45) is 2.40. The highest BCUT2D eigenvalue weighted by Crippen LogP contribution is 2.20. The molecule has 0 saturated carbocycles. The zero-order valence-electron chi connectivity index (χ0n) is 19.2. The quantitative estimate of drug-likeness (QED) is 0.288. The van der Waals surface area contributed by atoms with E-state index in [4.69, 9.17) is 26.1 Å². The number of hydrogen-bond acceptors (Lipinski definition) is 4. The van der Waals surface area contributed by atoms with Crippen molar-refractivity contribution in [3.63, 3.8) is 0 Å². The molecule has 1 heterocycles. The van der Waals surface area contributed by atoms with E-state index in [1.54, 1.807) is 31.4 Å². The Morgan fingerprint density at radius 1 is 1.00 bits per heavy atom. The fourth-order valence-electron chi connectivity index (χ4n) is 3.85. The summed E-state index contributed by atoms with van der Waals surface area (Å²) in [6.45, 7) is 1.96. The van der Waals surface area contributed by atoms with Crippen LogP contribution >= 0.6 is 11.6 Å². The second-order valence-corrected chi connectivity index (χ2v) is 8.36. The molecule has 1 N–H and O–H groups in total. The Morgan fingerprint density at radius 2 is 1.82 bits per heavy atom. The van der Waals surface area contributed by atoms with Crippen molar-refractivity contribution in [2.75, 3.05) is 20.3 Å². The number of halogens is 1. The minimum Gasteiger partial charge on any atom is -0.497 e. The summed E-state index contributed by atoms with van der Waals surface area (Å²) in [5.74, 6) is 2.47. The molecule has 0 aliphatic carbocycles. The first-order valence-electron chi connectivity index (χ1n) is 11.4. The summed E-state index contributed by atoms with van der Waals surface area (Å²) in [5.41, 5.74) is 2.66. The predicted octanol–water partition coefficient (Wildman–Crippen LogP) is 5.53. The number of fused-ring (bicyclic) bond motifs is 1. The molecule has 0 atom stereocenters. The van der Waals surface area contributed by atoms with Gasteiger partial charge in [-0.3, -0.25) is 4.79 Å². The van der Waals surface area contributed by atoms with Crippen molar-refractivity contribution in [3.8, 4) is 11.5 Å². The maximum Gasteiger partial charge on any atom is 0.251 e. The molecule has 4 rings (SSSR count). The molecule has 0 aliphatic heterocycles. The van der Waals surface area contributed by atoms with Crippen molar-refractivity contribution in [3.05, 3.63) is 89.2 Å². The highest BCUT2D eigenvalue weighted by Gasteiger charge is 2.11. The number of carbonyl (C=O) groups excluding carboxylic acids is 1. The van der Waals surface area contributed by atoms with Crippen LogP contribution in [0.3, 0.4) is 0 Å². The van der Waals surface area contributed by atoms with Crippen molar-refractivity contribution in [1.82, 2.24) is 14.9 Å². The van der Waals surface area contributed by atoms with Gasteiger partial charge in [0.05, 0.1) is 24.8 Å². The molecule has 0 radical (unpaired) electrons. The minimum atomic E-state index is -0.120. The lowest BCUT2D eigenvalue weighted by molar-refractivity contribution is 0.0953. The molecule has 0 unspecified atom stereocenters. The summed E-state index contributed by atoms with van der Waals surface area (Å²) in [7, 11) is 1.65. The normalized spacial score (nSPS) is 10.9. The molecule has 0 bridgehead atoms. The van der Waals surface area contributed by atoms with E-state index in [9.17, 15) is 4.79 Å². The van der Waals surface area contributed by atoms with Crippen LogP contribution in [0.15, 0.2) is 72.8 Å². The SMILES string of the molecule is COc1cccc(OCCCn2c(CCCNC(=O)c3cccc(Cl)c3)nc3ccccc32)c1. The Kier molecular flexibility index (Phi) is 8.04. The molecule has 4 aromatic rings. The maximum absolute atomic E-state index is 12.3. The highest BCUT2D eigenvalue weighted by molar-refractivity contribution is 6.30. The van der Waals surface area contributed by atoms with Crippen LogP contribution < -0.4 is 14.8 Å². The first-order chi connectivity index (χ1) is 16.6. The Bertz CT molecular complexity index is 1250. The van der Waals surface area contributed by atoms with Crippen molar-refractivity contribution in [2.24, 2.45) is 0 Å². The minimum absolute atomic E-state index is 0.120. The van der Waals surface area contributed by atoms with Gasteiger partial charge in [0.25, 0.3) is 5.91 Å². The van der Waals surface area contributed by atoms with E-state index >= 15 is 0 Å². The molecule has 7 heteroatoms. The van der Waals surface area contributed by atoms with Gasteiger partial charge in [0.15, 0.2) is 0 Å². The summed E-state index contributed by atoms with van der Waals surface area (Å²) in [5, 5.41) is 3.52. The average molecular weight is 478 g/mol. The predicted molar refractivity (Wildman–Crippen MR) is 135 cm³/mol. The van der Waals surface area contributed by atoms with E-state index in [-0.39, 0.29) is 5.91 Å². The zero-order chi connectivity index (χ0) is 23.8. The van der Waals surface area contributed by atoms with E-state index in [1.165, 1.54) is 0 Å². The van der Waals surface area contributed by atoms with Gasteiger partial charge < -0.3 is 19.4 Å². The van der Waals surface area contributed by atoms with Crippen LogP contribution in [0.5, 0.6) is 11.5 Å². The summed E-state index contributed by atoms with van der Waals surface area (Å²) in [4.78, 5) is 17.2. The maximum atomic E-state index is 12.3. The number of nitrogens with one attached hydrogen (secondary N) is 1. The molecular formula is C27H28ClN3O3. The molecule has 1 amide bonds. The van der Waals surface area contributed by atoms with E-state index in [0.29, 0.717) is 23.7 Å². The third-order valence-corrected chi connectivity index (χ3v) is 5.75. The fraction of sp³-hybridized carbons (Fsp3) is 0.259. The number of imidazole rings is 1. The number of para-hydroxylation sites is 2. The second kappa shape index (κ2) is 11.6. The Morgan fingerprint density at radius 3 is 2.68 bits per heavy atom. The molecule has 3 aromatic carbocycles. The number of aryl methyl sites for hydroxylation is 2. The van der Waals surface area contributed by atoms with Crippen LogP contribution in [-0.4, -0.2) is 35.7 Å². The van der Waals surface area contributed by atoms with Crippen LogP contribution in [0.2, 0.25) is 5.02 Å². The monoisotopic (exact) mass is 477 g/mol. The lowest BCUT2D eigenvalue weighted by atomic mass is 10.2. The Balaban J connectivity index is 1.32. The molecule has 0 aliphatic rings. The molecule has 0 fully saturated rings. The first-order valence-corrected chi connectivity index (χ1v) is 11.8. The van der Waals surface area contributed by atoms with Crippen molar-refractivity contribution >= 4 is 28.5 Å². The zero-order valence-corrected chi connectivity index (χ0v) is 19.9. The van der Waals surface area contributed by atoms with Gasteiger partial charge in [-0.2, -0.15) is 0 Å². The number of carbonyl (C=O) groups is 1. The molecule has 1 aromatic heterocycles. The molecule has 34 heavy (non-hydrogen) atoms. The molecule has 0 spiro atoms. The number of nitrogens with zero attached hydrogens (tertiary/aromatic N) is 2. The van der Waals surface area contributed by atoms with Gasteiger partial charge in [0.2, 0.25) is 0 Å². The van der Waals surface area contributed by atoms with E-state index < -0.39 is 0 Å². The largest absolute Gasteiger partial charge is 0.497 e. The lowest BCUT2D eigenvalue weighted by Crippen LogP contribution is -2.25. The number of ether oxygens (including phenoxy) is 2. The lowest BCUT2D eigenvalue weighted by Gasteiger charge is -2.11. The molecule has 6 nitrogen and oxygen atoms in total. The van der Waals surface area contributed by atoms with Gasteiger partial charge in [-0.15, -0.1) is 0 Å². The van der Waals surface area contributed by atoms with E-state index in [1.807, 2.05) is 42.5 Å².